The summed E-state index contributed by atoms with van der Waals surface area (Å²) in [4.78, 5) is 11.2. The lowest BCUT2D eigenvalue weighted by Crippen LogP contribution is -2.21. The summed E-state index contributed by atoms with van der Waals surface area (Å²) in [5.74, 6) is 1.77. The topological polar surface area (TPSA) is 26.3 Å². The molecule has 0 aromatic heterocycles. The van der Waals surface area contributed by atoms with Gasteiger partial charge in [-0.15, -0.1) is 0 Å². The van der Waals surface area contributed by atoms with Crippen molar-refractivity contribution in [1.29, 1.82) is 0 Å². The molecule has 0 aliphatic heterocycles. The van der Waals surface area contributed by atoms with Crippen LogP contribution in [0.5, 0.6) is 0 Å². The molecule has 0 saturated heterocycles. The summed E-state index contributed by atoms with van der Waals surface area (Å²) in [7, 11) is 1.49. The molecule has 2 aliphatic rings. The van der Waals surface area contributed by atoms with Crippen LogP contribution in [0.1, 0.15) is 25.7 Å². The number of methoxy groups -OCH3 is 1. The Balaban J connectivity index is 2.02. The summed E-state index contributed by atoms with van der Waals surface area (Å²) in [5.41, 5.74) is 0. The van der Waals surface area contributed by atoms with Crippen molar-refractivity contribution in [3.8, 4) is 0 Å². The summed E-state index contributed by atoms with van der Waals surface area (Å²) in [6.45, 7) is 0. The zero-order valence-corrected chi connectivity index (χ0v) is 6.88. The van der Waals surface area contributed by atoms with Gasteiger partial charge in [0.1, 0.15) is 0 Å². The van der Waals surface area contributed by atoms with E-state index in [9.17, 15) is 4.79 Å². The van der Waals surface area contributed by atoms with E-state index in [1.165, 1.54) is 26.4 Å². The van der Waals surface area contributed by atoms with Crippen molar-refractivity contribution in [3.05, 3.63) is 0 Å². The molecule has 62 valence electrons. The minimum atomic E-state index is 0.0252. The van der Waals surface area contributed by atoms with Crippen molar-refractivity contribution in [2.24, 2.45) is 17.8 Å². The summed E-state index contributed by atoms with van der Waals surface area (Å²) in [5, 5.41) is 0. The predicted octanol–water partition coefficient (Wildman–Crippen LogP) is 1.60. The molecule has 2 saturated carbocycles. The van der Waals surface area contributed by atoms with Gasteiger partial charge >= 0.3 is 5.97 Å². The molecule has 0 aromatic carbocycles. The van der Waals surface area contributed by atoms with Crippen molar-refractivity contribution in [3.63, 3.8) is 0 Å². The molecular weight excluding hydrogens is 140 g/mol. The third kappa shape index (κ3) is 1.05. The van der Waals surface area contributed by atoms with Crippen molar-refractivity contribution >= 4 is 5.97 Å². The van der Waals surface area contributed by atoms with E-state index < -0.39 is 0 Å². The summed E-state index contributed by atoms with van der Waals surface area (Å²) in [6, 6.07) is 0. The van der Waals surface area contributed by atoms with Gasteiger partial charge in [-0.3, -0.25) is 4.79 Å². The quantitative estimate of drug-likeness (QED) is 0.536. The Kier molecular flexibility index (Phi) is 1.63. The van der Waals surface area contributed by atoms with E-state index in [4.69, 9.17) is 4.74 Å². The van der Waals surface area contributed by atoms with E-state index in [1.807, 2.05) is 0 Å². The lowest BCUT2D eigenvalue weighted by atomic mass is 9.89. The van der Waals surface area contributed by atoms with Gasteiger partial charge in [0, 0.05) is 0 Å². The lowest BCUT2D eigenvalue weighted by molar-refractivity contribution is -0.147. The van der Waals surface area contributed by atoms with Crippen molar-refractivity contribution in [2.75, 3.05) is 7.11 Å². The molecule has 11 heavy (non-hydrogen) atoms. The van der Waals surface area contributed by atoms with Gasteiger partial charge in [-0.1, -0.05) is 6.42 Å². The Morgan fingerprint density at radius 1 is 1.36 bits per heavy atom. The van der Waals surface area contributed by atoms with Crippen LogP contribution in [0.25, 0.3) is 0 Å². The number of carbonyl (C=O) groups excluding carboxylic acids is 1. The Bertz CT molecular complexity index is 176. The number of esters is 1. The molecule has 2 rings (SSSR count). The monoisotopic (exact) mass is 154 g/mol. The second-order valence-corrected chi connectivity index (χ2v) is 3.80. The van der Waals surface area contributed by atoms with Gasteiger partial charge in [0.2, 0.25) is 0 Å². The first-order valence-corrected chi connectivity index (χ1v) is 4.39. The Morgan fingerprint density at radius 2 is 2.18 bits per heavy atom. The lowest BCUT2D eigenvalue weighted by Gasteiger charge is -2.18. The smallest absolute Gasteiger partial charge is 0.308 e. The molecule has 0 radical (unpaired) electrons. The van der Waals surface area contributed by atoms with Gasteiger partial charge in [0.15, 0.2) is 0 Å². The van der Waals surface area contributed by atoms with E-state index in [0.29, 0.717) is 5.92 Å². The van der Waals surface area contributed by atoms with Gasteiger partial charge in [-0.2, -0.15) is 0 Å². The second kappa shape index (κ2) is 2.50. The first-order chi connectivity index (χ1) is 5.31. The maximum absolute atomic E-state index is 11.2. The molecule has 0 N–H and O–H groups in total. The maximum Gasteiger partial charge on any atom is 0.308 e. The Morgan fingerprint density at radius 3 is 2.64 bits per heavy atom. The molecule has 2 fully saturated rings. The fourth-order valence-corrected chi connectivity index (χ4v) is 2.68. The molecule has 1 unspecified atom stereocenters. The molecule has 3 atom stereocenters. The van der Waals surface area contributed by atoms with Crippen LogP contribution in [0.15, 0.2) is 0 Å². The fraction of sp³-hybridized carbons (Fsp3) is 0.889. The normalized spacial score (nSPS) is 41.0. The van der Waals surface area contributed by atoms with E-state index in [0.717, 1.165) is 12.3 Å². The Hall–Kier alpha value is -0.530. The van der Waals surface area contributed by atoms with Gasteiger partial charge in [0.25, 0.3) is 0 Å². The largest absolute Gasteiger partial charge is 0.469 e. The van der Waals surface area contributed by atoms with Crippen molar-refractivity contribution in [1.82, 2.24) is 0 Å². The maximum atomic E-state index is 11.2. The molecule has 2 aliphatic carbocycles. The van der Waals surface area contributed by atoms with Crippen LogP contribution in [0.2, 0.25) is 0 Å². The van der Waals surface area contributed by atoms with Gasteiger partial charge < -0.3 is 4.74 Å². The van der Waals surface area contributed by atoms with Gasteiger partial charge in [-0.05, 0) is 31.1 Å². The second-order valence-electron chi connectivity index (χ2n) is 3.80. The third-order valence-electron chi connectivity index (χ3n) is 3.24. The van der Waals surface area contributed by atoms with E-state index in [1.54, 1.807) is 0 Å². The first-order valence-electron chi connectivity index (χ1n) is 4.39. The van der Waals surface area contributed by atoms with Crippen LogP contribution in [-0.4, -0.2) is 13.1 Å². The van der Waals surface area contributed by atoms with Crippen LogP contribution < -0.4 is 0 Å². The van der Waals surface area contributed by atoms with Crippen LogP contribution >= 0.6 is 0 Å². The minimum Gasteiger partial charge on any atom is -0.469 e. The number of hydrogen-bond donors (Lipinski definition) is 0. The summed E-state index contributed by atoms with van der Waals surface area (Å²) < 4.78 is 4.75. The molecule has 2 bridgehead atoms. The predicted molar refractivity (Wildman–Crippen MR) is 41.0 cm³/mol. The first kappa shape index (κ1) is 7.14. The van der Waals surface area contributed by atoms with Crippen molar-refractivity contribution in [2.45, 2.75) is 25.7 Å². The standard InChI is InChI=1S/C9H14O2/c1-11-9(10)8-5-6-2-3-7(8)4-6/h6-8H,2-5H2,1H3/t6?,7-,8-/m1/s1. The van der Waals surface area contributed by atoms with Crippen molar-refractivity contribution < 1.29 is 9.53 Å². The Labute approximate surface area is 66.9 Å². The summed E-state index contributed by atoms with van der Waals surface area (Å²) >= 11 is 0. The molecule has 2 nitrogen and oxygen atoms in total. The average Bonchev–Trinajstić information content (AvgIpc) is 2.62. The van der Waals surface area contributed by atoms with Crippen LogP contribution in [0.3, 0.4) is 0 Å². The molecule has 0 spiro atoms. The number of rotatable bonds is 1. The number of carbonyl (C=O) groups is 1. The van der Waals surface area contributed by atoms with E-state index in [2.05, 4.69) is 0 Å². The third-order valence-corrected chi connectivity index (χ3v) is 3.24. The highest BCUT2D eigenvalue weighted by Crippen LogP contribution is 2.48. The molecule has 0 heterocycles. The van der Waals surface area contributed by atoms with Crippen LogP contribution in [0, 0.1) is 17.8 Å². The number of hydrogen-bond acceptors (Lipinski definition) is 2. The fourth-order valence-electron chi connectivity index (χ4n) is 2.68. The molecule has 2 heteroatoms. The van der Waals surface area contributed by atoms with Gasteiger partial charge in [0.05, 0.1) is 13.0 Å². The van der Waals surface area contributed by atoms with Crippen LogP contribution in [-0.2, 0) is 9.53 Å². The zero-order valence-electron chi connectivity index (χ0n) is 6.88. The van der Waals surface area contributed by atoms with E-state index in [-0.39, 0.29) is 11.9 Å². The highest BCUT2D eigenvalue weighted by Gasteiger charge is 2.43. The van der Waals surface area contributed by atoms with Crippen LogP contribution in [0.4, 0.5) is 0 Å². The number of fused-ring (bicyclic) bond motifs is 2. The summed E-state index contributed by atoms with van der Waals surface area (Å²) in [6.07, 6.45) is 4.97. The van der Waals surface area contributed by atoms with E-state index >= 15 is 0 Å². The highest BCUT2D eigenvalue weighted by molar-refractivity contribution is 5.73. The number of ether oxygens (including phenoxy) is 1. The molecule has 0 amide bonds. The molecule has 0 aromatic rings. The molecular formula is C9H14O2. The SMILES string of the molecule is COC(=O)[C@@H]1CC2CC[C@@H]1C2. The average molecular weight is 154 g/mol. The highest BCUT2D eigenvalue weighted by atomic mass is 16.5. The zero-order chi connectivity index (χ0) is 7.84. The van der Waals surface area contributed by atoms with Gasteiger partial charge in [-0.25, -0.2) is 0 Å². The minimum absolute atomic E-state index is 0.0252.